The van der Waals surface area contributed by atoms with Gasteiger partial charge in [0, 0.05) is 12.8 Å². The van der Waals surface area contributed by atoms with Gasteiger partial charge in [0.1, 0.15) is 0 Å². The Morgan fingerprint density at radius 3 is 1.82 bits per heavy atom. The van der Waals surface area contributed by atoms with E-state index in [2.05, 4.69) is 27.7 Å². The molecular weight excluding hydrogens is 352 g/mol. The molecule has 1 atom stereocenters. The molecule has 0 bridgehead atoms. The van der Waals surface area contributed by atoms with Crippen molar-refractivity contribution in [1.82, 2.24) is 0 Å². The van der Waals surface area contributed by atoms with E-state index in [1.54, 1.807) is 0 Å². The van der Waals surface area contributed by atoms with Crippen molar-refractivity contribution < 1.29 is 19.1 Å². The van der Waals surface area contributed by atoms with Crippen molar-refractivity contribution in [1.29, 1.82) is 0 Å². The fourth-order valence-electron chi connectivity index (χ4n) is 3.18. The molecule has 0 spiro atoms. The summed E-state index contributed by atoms with van der Waals surface area (Å²) in [5, 5.41) is 0. The number of carbonyl (C=O) groups excluding carboxylic acids is 2. The Kier molecular flexibility index (Phi) is 18.5. The van der Waals surface area contributed by atoms with Crippen LogP contribution >= 0.6 is 0 Å². The van der Waals surface area contributed by atoms with Gasteiger partial charge in [0.25, 0.3) is 0 Å². The normalized spacial score (nSPS) is 12.2. The van der Waals surface area contributed by atoms with E-state index < -0.39 is 0 Å². The number of hydrogen-bond acceptors (Lipinski definition) is 4. The van der Waals surface area contributed by atoms with Gasteiger partial charge in [-0.05, 0) is 43.9 Å². The number of esters is 2. The van der Waals surface area contributed by atoms with Crippen LogP contribution in [0, 0.1) is 11.8 Å². The first-order valence-corrected chi connectivity index (χ1v) is 11.8. The van der Waals surface area contributed by atoms with Crippen molar-refractivity contribution in [3.8, 4) is 0 Å². The molecule has 0 aromatic carbocycles. The van der Waals surface area contributed by atoms with E-state index in [0.717, 1.165) is 64.2 Å². The summed E-state index contributed by atoms with van der Waals surface area (Å²) >= 11 is 0. The molecule has 0 radical (unpaired) electrons. The highest BCUT2D eigenvalue weighted by molar-refractivity contribution is 5.69. The van der Waals surface area contributed by atoms with Crippen LogP contribution in [0.3, 0.4) is 0 Å². The Morgan fingerprint density at radius 1 is 0.714 bits per heavy atom. The van der Waals surface area contributed by atoms with Crippen LogP contribution in [0.1, 0.15) is 118 Å². The minimum atomic E-state index is -0.0594. The largest absolute Gasteiger partial charge is 0.466 e. The lowest BCUT2D eigenvalue weighted by Gasteiger charge is -2.14. The molecule has 0 aliphatic rings. The lowest BCUT2D eigenvalue weighted by atomic mass is 10.0. The zero-order valence-corrected chi connectivity index (χ0v) is 19.1. The molecule has 4 nitrogen and oxygen atoms in total. The van der Waals surface area contributed by atoms with Crippen LogP contribution in [0.5, 0.6) is 0 Å². The summed E-state index contributed by atoms with van der Waals surface area (Å²) in [6.07, 6.45) is 13.9. The molecule has 0 aromatic rings. The standard InChI is InChI=1S/C24H46O4/c1-5-7-16-22(6-2)20-28-24(26)18-13-11-9-8-10-12-17-23(25)27-19-14-15-21(3)4/h21-22H,5-20H2,1-4H3. The summed E-state index contributed by atoms with van der Waals surface area (Å²) in [4.78, 5) is 23.4. The van der Waals surface area contributed by atoms with Crippen LogP contribution in [0.4, 0.5) is 0 Å². The smallest absolute Gasteiger partial charge is 0.305 e. The summed E-state index contributed by atoms with van der Waals surface area (Å²) < 4.78 is 10.7. The van der Waals surface area contributed by atoms with E-state index in [0.29, 0.717) is 37.9 Å². The monoisotopic (exact) mass is 398 g/mol. The Morgan fingerprint density at radius 2 is 1.29 bits per heavy atom. The van der Waals surface area contributed by atoms with Crippen LogP contribution in [-0.4, -0.2) is 25.2 Å². The molecule has 0 aliphatic heterocycles. The van der Waals surface area contributed by atoms with Gasteiger partial charge in [-0.25, -0.2) is 0 Å². The quantitative estimate of drug-likeness (QED) is 0.176. The zero-order chi connectivity index (χ0) is 21.0. The first-order valence-electron chi connectivity index (χ1n) is 11.8. The third-order valence-electron chi connectivity index (χ3n) is 5.22. The Hall–Kier alpha value is -1.06. The van der Waals surface area contributed by atoms with Crippen LogP contribution < -0.4 is 0 Å². The van der Waals surface area contributed by atoms with Crippen LogP contribution in [0.15, 0.2) is 0 Å². The fourth-order valence-corrected chi connectivity index (χ4v) is 3.18. The average Bonchev–Trinajstić information content (AvgIpc) is 2.67. The van der Waals surface area contributed by atoms with Gasteiger partial charge in [-0.2, -0.15) is 0 Å². The van der Waals surface area contributed by atoms with E-state index in [-0.39, 0.29) is 11.9 Å². The predicted molar refractivity (Wildman–Crippen MR) is 116 cm³/mol. The maximum atomic E-state index is 11.8. The molecule has 0 rings (SSSR count). The van der Waals surface area contributed by atoms with E-state index in [4.69, 9.17) is 9.47 Å². The van der Waals surface area contributed by atoms with Gasteiger partial charge in [0.15, 0.2) is 0 Å². The second-order valence-corrected chi connectivity index (χ2v) is 8.48. The first-order chi connectivity index (χ1) is 13.5. The molecule has 166 valence electrons. The molecule has 0 saturated carbocycles. The zero-order valence-electron chi connectivity index (χ0n) is 19.1. The minimum absolute atomic E-state index is 0.0461. The molecule has 28 heavy (non-hydrogen) atoms. The van der Waals surface area contributed by atoms with Gasteiger partial charge < -0.3 is 9.47 Å². The number of carbonyl (C=O) groups is 2. The highest BCUT2D eigenvalue weighted by atomic mass is 16.5. The number of unbranched alkanes of at least 4 members (excludes halogenated alkanes) is 6. The van der Waals surface area contributed by atoms with E-state index in [1.165, 1.54) is 12.8 Å². The minimum Gasteiger partial charge on any atom is -0.466 e. The average molecular weight is 399 g/mol. The summed E-state index contributed by atoms with van der Waals surface area (Å²) in [7, 11) is 0. The molecule has 0 heterocycles. The van der Waals surface area contributed by atoms with Gasteiger partial charge in [-0.3, -0.25) is 9.59 Å². The SMILES string of the molecule is CCCCC(CC)COC(=O)CCCCCCCCC(=O)OCCCC(C)C. The van der Waals surface area contributed by atoms with Crippen LogP contribution in [0.25, 0.3) is 0 Å². The topological polar surface area (TPSA) is 52.6 Å². The van der Waals surface area contributed by atoms with Crippen molar-refractivity contribution in [2.45, 2.75) is 118 Å². The van der Waals surface area contributed by atoms with Crippen molar-refractivity contribution >= 4 is 11.9 Å². The number of rotatable bonds is 19. The summed E-state index contributed by atoms with van der Waals surface area (Å²) in [6.45, 7) is 9.87. The third kappa shape index (κ3) is 18.3. The molecule has 0 aromatic heterocycles. The van der Waals surface area contributed by atoms with E-state index in [9.17, 15) is 9.59 Å². The molecule has 0 N–H and O–H groups in total. The molecule has 4 heteroatoms. The molecule has 0 saturated heterocycles. The van der Waals surface area contributed by atoms with Gasteiger partial charge in [-0.15, -0.1) is 0 Å². The van der Waals surface area contributed by atoms with E-state index in [1.807, 2.05) is 0 Å². The van der Waals surface area contributed by atoms with Gasteiger partial charge >= 0.3 is 11.9 Å². The Bertz CT molecular complexity index is 379. The van der Waals surface area contributed by atoms with Gasteiger partial charge in [0.2, 0.25) is 0 Å². The van der Waals surface area contributed by atoms with Crippen molar-refractivity contribution in [2.24, 2.45) is 11.8 Å². The van der Waals surface area contributed by atoms with Crippen LogP contribution in [-0.2, 0) is 19.1 Å². The number of hydrogen-bond donors (Lipinski definition) is 0. The molecule has 0 amide bonds. The summed E-state index contributed by atoms with van der Waals surface area (Å²) in [5.41, 5.74) is 0. The maximum absolute atomic E-state index is 11.8. The number of ether oxygens (including phenoxy) is 2. The van der Waals surface area contributed by atoms with Crippen molar-refractivity contribution in [2.75, 3.05) is 13.2 Å². The maximum Gasteiger partial charge on any atom is 0.305 e. The second kappa shape index (κ2) is 19.3. The molecule has 0 aliphatic carbocycles. The lowest BCUT2D eigenvalue weighted by molar-refractivity contribution is -0.145. The predicted octanol–water partition coefficient (Wildman–Crippen LogP) is 6.85. The Labute approximate surface area is 174 Å². The van der Waals surface area contributed by atoms with Crippen LogP contribution in [0.2, 0.25) is 0 Å². The molecule has 1 unspecified atom stereocenters. The summed E-state index contributed by atoms with van der Waals surface area (Å²) in [6, 6.07) is 0. The fraction of sp³-hybridized carbons (Fsp3) is 0.917. The summed E-state index contributed by atoms with van der Waals surface area (Å²) in [5.74, 6) is 1.08. The second-order valence-electron chi connectivity index (χ2n) is 8.48. The Balaban J connectivity index is 3.44. The van der Waals surface area contributed by atoms with Gasteiger partial charge in [0.05, 0.1) is 13.2 Å². The van der Waals surface area contributed by atoms with Crippen molar-refractivity contribution in [3.05, 3.63) is 0 Å². The third-order valence-corrected chi connectivity index (χ3v) is 5.22. The highest BCUT2D eigenvalue weighted by Crippen LogP contribution is 2.14. The van der Waals surface area contributed by atoms with E-state index >= 15 is 0 Å². The lowest BCUT2D eigenvalue weighted by Crippen LogP contribution is -2.13. The first kappa shape index (κ1) is 26.9. The van der Waals surface area contributed by atoms with Crippen molar-refractivity contribution in [3.63, 3.8) is 0 Å². The highest BCUT2D eigenvalue weighted by Gasteiger charge is 2.10. The molecule has 0 fully saturated rings. The molecular formula is C24H46O4. The van der Waals surface area contributed by atoms with Gasteiger partial charge in [-0.1, -0.05) is 72.6 Å².